The molecule has 0 fully saturated rings. The van der Waals surface area contributed by atoms with Crippen molar-refractivity contribution in [1.82, 2.24) is 19.5 Å². The van der Waals surface area contributed by atoms with Gasteiger partial charge in [-0.25, -0.2) is 15.0 Å². The number of benzene rings is 14. The topological polar surface area (TPSA) is 50.1 Å². The van der Waals surface area contributed by atoms with Gasteiger partial charge in [-0.05, 0) is 160 Å². The van der Waals surface area contributed by atoms with Gasteiger partial charge in [-0.3, -0.25) is 0 Å². The molecule has 534 valence electrons. The highest BCUT2D eigenvalue weighted by Gasteiger charge is 2.47. The maximum Gasteiger partial charge on any atom is 0.252 e. The van der Waals surface area contributed by atoms with E-state index in [-0.39, 0.29) is 55.3 Å². The number of aromatic nitrogens is 4. The van der Waals surface area contributed by atoms with E-state index in [1.165, 1.54) is 0 Å². The second-order valence-corrected chi connectivity index (χ2v) is 33.1. The SMILES string of the molecule is [2H]c1c([2H])c([2H])c(-c2ccc3c(c2)N(c2c(-c4ccccc4)cc(C(C)(C)C)cc2-c2nc(-c4ccccc4)nc(-c4ccccc4)n2)c2cc(-n4c5c([2H])c([2H])c([2H])c([2H])c5c5c([2H])c([2H])c([2H])c([2H])c54)cc4c2B3c2ccc(-c3cc(C(C)(C)C)cc(C(C)(C)C)c3)cc2N4c2c(-c3ccccc3)cc(C(C)(C)C)cc2-c2ccccc2)c([2H])c1[2H]. The number of para-hydroxylation sites is 2. The Bertz CT molecular complexity index is 6820. The molecule has 0 saturated carbocycles. The highest BCUT2D eigenvalue weighted by molar-refractivity contribution is 7.00. The zero-order valence-electron chi connectivity index (χ0n) is 76.9. The molecule has 0 N–H and O–H groups in total. The van der Waals surface area contributed by atoms with E-state index in [0.29, 0.717) is 56.7 Å². The minimum Gasteiger partial charge on any atom is -0.310 e. The van der Waals surface area contributed by atoms with E-state index in [4.69, 9.17) is 16.3 Å². The normalized spacial score (nSPS) is 14.5. The third-order valence-corrected chi connectivity index (χ3v) is 21.7. The summed E-state index contributed by atoms with van der Waals surface area (Å²) in [4.78, 5) is 21.1. The lowest BCUT2D eigenvalue weighted by Crippen LogP contribution is -2.61. The summed E-state index contributed by atoms with van der Waals surface area (Å²) < 4.78 is 128. The molecule has 0 saturated heterocycles. The summed E-state index contributed by atoms with van der Waals surface area (Å²) in [5.74, 6) is 1.03. The molecule has 110 heavy (non-hydrogen) atoms. The van der Waals surface area contributed by atoms with Crippen LogP contribution in [0.25, 0.3) is 117 Å². The molecule has 0 radical (unpaired) electrons. The molecule has 0 unspecified atom stereocenters. The van der Waals surface area contributed by atoms with Crippen molar-refractivity contribution in [3.05, 3.63) is 343 Å². The van der Waals surface area contributed by atoms with Crippen molar-refractivity contribution < 1.29 is 17.8 Å². The number of anilines is 6. The van der Waals surface area contributed by atoms with Crippen LogP contribution in [0.1, 0.15) is 123 Å². The van der Waals surface area contributed by atoms with Crippen LogP contribution >= 0.6 is 0 Å². The molecule has 0 spiro atoms. The van der Waals surface area contributed by atoms with E-state index in [1.807, 2.05) is 146 Å². The zero-order chi connectivity index (χ0) is 86.9. The molecule has 2 aliphatic rings. The molecule has 0 aliphatic carbocycles. The van der Waals surface area contributed by atoms with Crippen LogP contribution < -0.4 is 26.2 Å². The number of hydrogen-bond donors (Lipinski definition) is 0. The standard InChI is InChI=1S/C103H89BN6/c1-100(2,3)75-55-74(56-76(59-75)101(4,5)6)73-52-54-87-91(58-73)109(95-82(67-37-21-14-22-38-67)60-77(102(7,8)9)61-83(95)68-39-23-15-24-40-68)92-64-79(108-88-49-33-31-47-80(88)81-48-32-34-50-89(81)108)65-93-94(92)104(87)86-53-51-72(66-35-19-13-20-36-66)57-90(86)110(93)96-84(69-41-25-16-26-42-69)62-78(103(10,11)12)63-85(96)99-106-97(70-43-27-17-28-44-70)105-98(107-99)71-45-29-18-30-46-71/h13-65H,1-12H3/i13D,19D,20D,31D,32D,33D,34D,35D,36D,47D,48D,49D,50D. The fourth-order valence-corrected chi connectivity index (χ4v) is 15.9. The van der Waals surface area contributed by atoms with Crippen LogP contribution in [0.4, 0.5) is 34.1 Å². The first-order valence-electron chi connectivity index (χ1n) is 44.2. The lowest BCUT2D eigenvalue weighted by Gasteiger charge is -2.46. The van der Waals surface area contributed by atoms with Gasteiger partial charge in [-0.1, -0.05) is 344 Å². The first kappa shape index (κ1) is 55.9. The lowest BCUT2D eigenvalue weighted by molar-refractivity contribution is 0.569. The van der Waals surface area contributed by atoms with E-state index in [2.05, 4.69) is 190 Å². The van der Waals surface area contributed by atoms with Crippen LogP contribution in [0.3, 0.4) is 0 Å². The van der Waals surface area contributed by atoms with Crippen molar-refractivity contribution in [1.29, 1.82) is 0 Å². The van der Waals surface area contributed by atoms with Gasteiger partial charge in [-0.2, -0.15) is 0 Å². The Morgan fingerprint density at radius 2 is 0.627 bits per heavy atom. The average Bonchev–Trinajstić information content (AvgIpc) is 1.66. The van der Waals surface area contributed by atoms with Gasteiger partial charge in [0.25, 0.3) is 6.71 Å². The first-order chi connectivity index (χ1) is 58.5. The van der Waals surface area contributed by atoms with Crippen LogP contribution in [0.2, 0.25) is 0 Å². The van der Waals surface area contributed by atoms with Crippen LogP contribution in [0.5, 0.6) is 0 Å². The Morgan fingerprint density at radius 1 is 0.282 bits per heavy atom. The average molecular weight is 1430 g/mol. The van der Waals surface area contributed by atoms with E-state index in [9.17, 15) is 16.4 Å². The van der Waals surface area contributed by atoms with Crippen LogP contribution in [-0.4, -0.2) is 26.2 Å². The van der Waals surface area contributed by atoms with E-state index in [0.717, 1.165) is 89.0 Å². The first-order valence-corrected chi connectivity index (χ1v) is 37.7. The fourth-order valence-electron chi connectivity index (χ4n) is 15.9. The van der Waals surface area contributed by atoms with Gasteiger partial charge >= 0.3 is 0 Å². The summed E-state index contributed by atoms with van der Waals surface area (Å²) in [5.41, 5.74) is 17.6. The number of fused-ring (bicyclic) bond motifs is 7. The monoisotopic (exact) mass is 1430 g/mol. The van der Waals surface area contributed by atoms with Crippen molar-refractivity contribution in [2.24, 2.45) is 0 Å². The summed E-state index contributed by atoms with van der Waals surface area (Å²) in [5, 5.41) is -0.228. The molecule has 0 atom stereocenters. The van der Waals surface area contributed by atoms with Crippen molar-refractivity contribution in [3.8, 4) is 95.5 Å². The molecule has 14 aromatic carbocycles. The molecular weight excluding hydrogens is 1330 g/mol. The van der Waals surface area contributed by atoms with Crippen molar-refractivity contribution in [3.63, 3.8) is 0 Å². The zero-order valence-corrected chi connectivity index (χ0v) is 63.9. The van der Waals surface area contributed by atoms with Gasteiger partial charge in [0.05, 0.1) is 45.9 Å². The van der Waals surface area contributed by atoms with Gasteiger partial charge in [0, 0.05) is 66.9 Å². The van der Waals surface area contributed by atoms with Crippen molar-refractivity contribution >= 4 is 79.0 Å². The van der Waals surface area contributed by atoms with Crippen molar-refractivity contribution in [2.75, 3.05) is 9.80 Å². The van der Waals surface area contributed by atoms with E-state index in [1.54, 1.807) is 4.57 Å². The molecule has 18 rings (SSSR count). The number of rotatable bonds is 11. The molecule has 6 nitrogen and oxygen atoms in total. The summed E-state index contributed by atoms with van der Waals surface area (Å²) in [7, 11) is 0. The molecule has 7 heteroatoms. The highest BCUT2D eigenvalue weighted by atomic mass is 15.2. The van der Waals surface area contributed by atoms with Gasteiger partial charge in [0.15, 0.2) is 17.5 Å². The number of nitrogens with zero attached hydrogens (tertiary/aromatic N) is 6. The third kappa shape index (κ3) is 12.3. The Morgan fingerprint density at radius 3 is 1.04 bits per heavy atom. The van der Waals surface area contributed by atoms with Gasteiger partial charge in [0.1, 0.15) is 0 Å². The molecule has 0 amide bonds. The smallest absolute Gasteiger partial charge is 0.252 e. The van der Waals surface area contributed by atoms with Gasteiger partial charge in [-0.15, -0.1) is 0 Å². The Kier molecular flexibility index (Phi) is 13.6. The largest absolute Gasteiger partial charge is 0.310 e. The summed E-state index contributed by atoms with van der Waals surface area (Å²) >= 11 is 0. The molecule has 2 aliphatic heterocycles. The molecular formula is C103H89BN6. The summed E-state index contributed by atoms with van der Waals surface area (Å²) in [6.45, 7) is 25.7. The Balaban J connectivity index is 1.12. The summed E-state index contributed by atoms with van der Waals surface area (Å²) in [6, 6.07) is 75.9. The van der Waals surface area contributed by atoms with Gasteiger partial charge < -0.3 is 14.4 Å². The lowest BCUT2D eigenvalue weighted by atomic mass is 9.33. The quantitative estimate of drug-likeness (QED) is 0.121. The van der Waals surface area contributed by atoms with Crippen LogP contribution in [-0.2, 0) is 21.7 Å². The predicted molar refractivity (Wildman–Crippen MR) is 466 cm³/mol. The third-order valence-electron chi connectivity index (χ3n) is 21.7. The maximum atomic E-state index is 10.3. The van der Waals surface area contributed by atoms with Crippen molar-refractivity contribution in [2.45, 2.75) is 105 Å². The highest BCUT2D eigenvalue weighted by Crippen LogP contribution is 2.56. The molecule has 4 heterocycles. The Labute approximate surface area is 666 Å². The van der Waals surface area contributed by atoms with E-state index >= 15 is 0 Å². The molecule has 0 bridgehead atoms. The predicted octanol–water partition coefficient (Wildman–Crippen LogP) is 25.6. The number of hydrogen-bond acceptors (Lipinski definition) is 5. The van der Waals surface area contributed by atoms with Crippen LogP contribution in [0.15, 0.2) is 321 Å². The second kappa shape index (κ2) is 26.7. The fraction of sp³-hybridized carbons (Fsp3) is 0.155. The Hall–Kier alpha value is -12.4. The molecule has 2 aromatic heterocycles. The molecule has 16 aromatic rings. The second-order valence-electron chi connectivity index (χ2n) is 33.1. The minimum atomic E-state index is -0.790. The maximum absolute atomic E-state index is 10.3. The van der Waals surface area contributed by atoms with Crippen LogP contribution in [0, 0.1) is 0 Å². The van der Waals surface area contributed by atoms with E-state index < -0.39 is 96.1 Å². The summed E-state index contributed by atoms with van der Waals surface area (Å²) in [6.07, 6.45) is 0. The minimum absolute atomic E-state index is 0.0471. The van der Waals surface area contributed by atoms with Gasteiger partial charge in [0.2, 0.25) is 0 Å².